The Labute approximate surface area is 465 Å². The number of carboxylic acids is 1. The molecule has 2 rings (SSSR count). The van der Waals surface area contributed by atoms with Gasteiger partial charge in [-0.1, -0.05) is 123 Å². The standard InChI is InChI=1S/C21H33Cl3N4O5.C21H34Cl3N3O6.C6H10O2/c1-6-8-13(4)17(29)26-16(12(2)3)18(30)25-14(5)19(31)28-10-7-9-15(27-28)20(32)33-11-21(22,23)24;1-12(2)14(10-16(28)33-20(4,5)6)17(29)25-13(3)18(30)27-9-7-8-15(26-27)19(31)32-11-21(22,23)24;1-3-4-5(2)6(7)8/h6,12-16,27H,1,7-11H2,2-5H3,(H,25,30)(H,26,29);12-15,26H,7-11H2,1-6H3,(H,25,29);3,5H,1,4H2,2H3,(H,7,8)/t13-,14+,15+,16+;13-,14-,15-;5-/m101/s1. The number of halogens is 6. The minimum Gasteiger partial charge on any atom is -0.481 e. The zero-order chi connectivity index (χ0) is 57.5. The molecule has 0 aromatic heterocycles. The molecule has 0 spiro atoms. The molecule has 6 N–H and O–H groups in total. The molecule has 0 unspecified atom stereocenters. The largest absolute Gasteiger partial charge is 0.481 e. The number of nitrogens with one attached hydrogen (secondary N) is 5. The molecule has 0 aromatic carbocycles. The van der Waals surface area contributed by atoms with Crippen LogP contribution in [-0.2, 0) is 57.4 Å². The predicted molar refractivity (Wildman–Crippen MR) is 285 cm³/mol. The molecule has 0 aromatic rings. The summed E-state index contributed by atoms with van der Waals surface area (Å²) in [5, 5.41) is 18.9. The summed E-state index contributed by atoms with van der Waals surface area (Å²) in [6.45, 7) is 25.9. The lowest BCUT2D eigenvalue weighted by atomic mass is 9.91. The summed E-state index contributed by atoms with van der Waals surface area (Å²) in [4.78, 5) is 110. The van der Waals surface area contributed by atoms with E-state index in [4.69, 9.17) is 88.9 Å². The summed E-state index contributed by atoms with van der Waals surface area (Å²) < 4.78 is 11.8. The number of aliphatic carboxylic acids is 1. The Kier molecular flexibility index (Phi) is 31.9. The van der Waals surface area contributed by atoms with E-state index >= 15 is 0 Å². The number of rotatable bonds is 21. The number of nitrogens with zero attached hydrogens (tertiary/aromatic N) is 2. The van der Waals surface area contributed by atoms with Gasteiger partial charge in [0.25, 0.3) is 11.8 Å². The summed E-state index contributed by atoms with van der Waals surface area (Å²) >= 11 is 33.6. The van der Waals surface area contributed by atoms with E-state index in [9.17, 15) is 43.2 Å². The number of esters is 3. The van der Waals surface area contributed by atoms with E-state index in [0.29, 0.717) is 51.6 Å². The summed E-state index contributed by atoms with van der Waals surface area (Å²) in [5.74, 6) is -6.17. The predicted octanol–water partition coefficient (Wildman–Crippen LogP) is 6.44. The molecule has 2 aliphatic heterocycles. The van der Waals surface area contributed by atoms with Crippen LogP contribution in [0.1, 0.15) is 121 Å². The highest BCUT2D eigenvalue weighted by Crippen LogP contribution is 2.27. The highest BCUT2D eigenvalue weighted by atomic mass is 35.6. The first-order chi connectivity index (χ1) is 33.9. The second-order valence-corrected chi connectivity index (χ2v) is 24.6. The van der Waals surface area contributed by atoms with Crippen molar-refractivity contribution < 1.29 is 62.5 Å². The molecule has 26 heteroatoms. The van der Waals surface area contributed by atoms with Gasteiger partial charge >= 0.3 is 23.9 Å². The Morgan fingerprint density at radius 2 is 1.04 bits per heavy atom. The maximum Gasteiger partial charge on any atom is 0.325 e. The van der Waals surface area contributed by atoms with Crippen molar-refractivity contribution in [3.8, 4) is 0 Å². The molecule has 74 heavy (non-hydrogen) atoms. The number of carbonyl (C=O) groups excluding carboxylic acids is 8. The topological polar surface area (TPSA) is 268 Å². The van der Waals surface area contributed by atoms with E-state index in [1.165, 1.54) is 23.9 Å². The van der Waals surface area contributed by atoms with E-state index in [-0.39, 0.29) is 36.0 Å². The number of ether oxygens (including phenoxy) is 3. The van der Waals surface area contributed by atoms with E-state index in [1.54, 1.807) is 60.6 Å². The number of carbonyl (C=O) groups is 9. The van der Waals surface area contributed by atoms with E-state index in [1.807, 2.05) is 13.8 Å². The second-order valence-electron chi connectivity index (χ2n) is 19.6. The summed E-state index contributed by atoms with van der Waals surface area (Å²) in [6.07, 6.45) is 6.15. The molecule has 2 fully saturated rings. The molecular weight excluding hydrogens is 1100 g/mol. The van der Waals surface area contributed by atoms with Gasteiger partial charge in [0.15, 0.2) is 0 Å². The van der Waals surface area contributed by atoms with Crippen LogP contribution in [0.25, 0.3) is 0 Å². The van der Waals surface area contributed by atoms with Gasteiger partial charge in [0.05, 0.1) is 18.3 Å². The monoisotopic (exact) mass is 1170 g/mol. The van der Waals surface area contributed by atoms with Crippen LogP contribution in [0.4, 0.5) is 0 Å². The van der Waals surface area contributed by atoms with Crippen LogP contribution in [0.2, 0.25) is 0 Å². The second kappa shape index (κ2) is 33.5. The maximum atomic E-state index is 12.9. The minimum absolute atomic E-state index is 0.0965. The summed E-state index contributed by atoms with van der Waals surface area (Å²) in [7, 11) is 0. The zero-order valence-corrected chi connectivity index (χ0v) is 48.7. The van der Waals surface area contributed by atoms with Gasteiger partial charge in [-0.3, -0.25) is 53.2 Å². The summed E-state index contributed by atoms with van der Waals surface area (Å²) in [6, 6.07) is -4.16. The average Bonchev–Trinajstić information content (AvgIpc) is 3.29. The molecule has 2 aliphatic rings. The van der Waals surface area contributed by atoms with Gasteiger partial charge in [0.2, 0.25) is 25.3 Å². The quantitative estimate of drug-likeness (QED) is 0.0313. The fraction of sp³-hybridized carbons (Fsp3) is 0.729. The van der Waals surface area contributed by atoms with Crippen molar-refractivity contribution in [2.24, 2.45) is 29.6 Å². The lowest BCUT2D eigenvalue weighted by molar-refractivity contribution is -0.158. The number of hydrogen-bond acceptors (Lipinski definition) is 14. The van der Waals surface area contributed by atoms with E-state index < -0.39 is 110 Å². The van der Waals surface area contributed by atoms with Gasteiger partial charge in [0.1, 0.15) is 49.0 Å². The van der Waals surface area contributed by atoms with Crippen LogP contribution in [0.15, 0.2) is 25.3 Å². The molecule has 8 atom stereocenters. The molecule has 0 aliphatic carbocycles. The van der Waals surface area contributed by atoms with Crippen molar-refractivity contribution in [1.82, 2.24) is 36.8 Å². The third kappa shape index (κ3) is 29.0. The Morgan fingerprint density at radius 1 is 0.635 bits per heavy atom. The number of hydrogen-bond donors (Lipinski definition) is 6. The summed E-state index contributed by atoms with van der Waals surface area (Å²) in [5.41, 5.74) is 4.96. The van der Waals surface area contributed by atoms with Crippen molar-refractivity contribution >= 4 is 123 Å². The van der Waals surface area contributed by atoms with Crippen molar-refractivity contribution in [2.75, 3.05) is 26.3 Å². The van der Waals surface area contributed by atoms with Crippen molar-refractivity contribution in [1.29, 1.82) is 0 Å². The number of amides is 5. The SMILES string of the molecule is C=CC[C@@H](C)C(=O)N[C@H](C(=O)N[C@@H](C)C(=O)N1CCC[C@@H](C(=O)OCC(Cl)(Cl)Cl)N1)C(C)C.C=CC[C@@H](C)C(=O)O.CC(C)[C@H](CC(=O)OC(C)(C)C)C(=O)N[C@@H](C)C(=O)N1CCC[C@@H](C(=O)OCC(Cl)(Cl)Cl)N1. The third-order valence-corrected chi connectivity index (χ3v) is 11.4. The average molecular weight is 1170 g/mol. The van der Waals surface area contributed by atoms with Gasteiger partial charge in [0, 0.05) is 19.0 Å². The van der Waals surface area contributed by atoms with Crippen molar-refractivity contribution in [3.05, 3.63) is 25.3 Å². The lowest BCUT2D eigenvalue weighted by Gasteiger charge is -2.34. The van der Waals surface area contributed by atoms with Crippen molar-refractivity contribution in [2.45, 2.75) is 165 Å². The fourth-order valence-electron chi connectivity index (χ4n) is 6.68. The highest BCUT2D eigenvalue weighted by Gasteiger charge is 2.37. The van der Waals surface area contributed by atoms with Crippen LogP contribution in [0.5, 0.6) is 0 Å². The van der Waals surface area contributed by atoms with Crippen LogP contribution in [0.3, 0.4) is 0 Å². The Bertz CT molecular complexity index is 1910. The first-order valence-corrected chi connectivity index (χ1v) is 26.4. The maximum absolute atomic E-state index is 12.9. The van der Waals surface area contributed by atoms with Gasteiger partial charge in [-0.15, -0.1) is 13.2 Å². The van der Waals surface area contributed by atoms with Crippen LogP contribution >= 0.6 is 69.6 Å². The molecule has 0 saturated carbocycles. The van der Waals surface area contributed by atoms with Crippen LogP contribution < -0.4 is 26.8 Å². The molecule has 20 nitrogen and oxygen atoms in total. The number of alkyl halides is 6. The van der Waals surface area contributed by atoms with Gasteiger partial charge in [-0.05, 0) is 85.0 Å². The number of hydrazine groups is 2. The lowest BCUT2D eigenvalue weighted by Crippen LogP contribution is -2.61. The van der Waals surface area contributed by atoms with Gasteiger partial charge in [-0.2, -0.15) is 0 Å². The fourth-order valence-corrected chi connectivity index (χ4v) is 7.01. The first kappa shape index (κ1) is 70.4. The number of allylic oxidation sites excluding steroid dienone is 2. The molecule has 5 amide bonds. The molecule has 0 bridgehead atoms. The number of carboxylic acid groups (broad SMARTS) is 1. The van der Waals surface area contributed by atoms with Crippen LogP contribution in [-0.4, -0.2) is 138 Å². The van der Waals surface area contributed by atoms with Gasteiger partial charge in [-0.25, -0.2) is 10.9 Å². The molecule has 2 saturated heterocycles. The molecule has 424 valence electrons. The van der Waals surface area contributed by atoms with E-state index in [2.05, 4.69) is 40.0 Å². The minimum atomic E-state index is -1.73. The molecule has 2 heterocycles. The molecule has 0 radical (unpaired) electrons. The van der Waals surface area contributed by atoms with Crippen LogP contribution in [0, 0.1) is 29.6 Å². The Hall–Kier alpha value is -3.63. The normalized spacial score (nSPS) is 18.4. The zero-order valence-electron chi connectivity index (χ0n) is 44.1. The van der Waals surface area contributed by atoms with Crippen molar-refractivity contribution in [3.63, 3.8) is 0 Å². The third-order valence-electron chi connectivity index (χ3n) is 10.8. The first-order valence-electron chi connectivity index (χ1n) is 24.1. The smallest absolute Gasteiger partial charge is 0.325 e. The highest BCUT2D eigenvalue weighted by molar-refractivity contribution is 6.68. The van der Waals surface area contributed by atoms with Gasteiger partial charge < -0.3 is 35.3 Å². The molecular formula is C48H77Cl6N7O13. The Balaban J connectivity index is 0.00000125. The Morgan fingerprint density at radius 3 is 1.38 bits per heavy atom. The van der Waals surface area contributed by atoms with E-state index in [0.717, 1.165) is 0 Å².